The normalized spacial score (nSPS) is 12.2. The van der Waals surface area contributed by atoms with E-state index in [1.807, 2.05) is 32.1 Å². The van der Waals surface area contributed by atoms with E-state index in [0.29, 0.717) is 11.8 Å². The molecule has 2 N–H and O–H groups in total. The van der Waals surface area contributed by atoms with Gasteiger partial charge < -0.3 is 10.6 Å². The highest BCUT2D eigenvalue weighted by Crippen LogP contribution is 2.34. The molecule has 0 fully saturated rings. The number of imidazole rings is 1. The summed E-state index contributed by atoms with van der Waals surface area (Å²) in [6, 6.07) is 6.39. The molecule has 136 valence electrons. The van der Waals surface area contributed by atoms with Crippen LogP contribution in [0.25, 0.3) is 5.69 Å². The van der Waals surface area contributed by atoms with Crippen molar-refractivity contribution in [3.8, 4) is 5.69 Å². The number of thioether (sulfide) groups is 1. The molecule has 3 aromatic rings. The average molecular weight is 369 g/mol. The topological polar surface area (TPSA) is 85.8 Å². The van der Waals surface area contributed by atoms with Gasteiger partial charge in [0.1, 0.15) is 5.82 Å². The van der Waals surface area contributed by atoms with Gasteiger partial charge in [-0.3, -0.25) is 4.57 Å². The van der Waals surface area contributed by atoms with E-state index in [-0.39, 0.29) is 11.2 Å². The summed E-state index contributed by atoms with van der Waals surface area (Å²) in [5, 5.41) is 0.859. The number of aromatic nitrogens is 5. The Bertz CT molecular complexity index is 920. The Labute approximate surface area is 157 Å². The molecule has 0 spiro atoms. The van der Waals surface area contributed by atoms with Crippen LogP contribution in [0, 0.1) is 13.8 Å². The molecular weight excluding hydrogens is 346 g/mol. The van der Waals surface area contributed by atoms with Crippen LogP contribution in [0.15, 0.2) is 35.7 Å². The second-order valence-electron chi connectivity index (χ2n) is 6.35. The zero-order chi connectivity index (χ0) is 18.8. The van der Waals surface area contributed by atoms with E-state index in [4.69, 9.17) is 5.73 Å². The second kappa shape index (κ2) is 7.33. The molecule has 1 aromatic carbocycles. The molecule has 8 heteroatoms. The molecule has 0 aliphatic heterocycles. The van der Waals surface area contributed by atoms with Crippen molar-refractivity contribution in [2.45, 2.75) is 31.2 Å². The van der Waals surface area contributed by atoms with Crippen LogP contribution < -0.4 is 10.6 Å². The second-order valence-corrected chi connectivity index (χ2v) is 7.66. The molecule has 0 saturated heterocycles. The first-order valence-corrected chi connectivity index (χ1v) is 9.19. The van der Waals surface area contributed by atoms with Crippen LogP contribution in [0.2, 0.25) is 0 Å². The van der Waals surface area contributed by atoms with Gasteiger partial charge >= 0.3 is 0 Å². The Kier molecular flexibility index (Phi) is 5.13. The number of rotatable bonds is 5. The lowest BCUT2D eigenvalue weighted by molar-refractivity contribution is 0.846. The highest BCUT2D eigenvalue weighted by atomic mass is 32.2. The van der Waals surface area contributed by atoms with Gasteiger partial charge in [-0.15, -0.1) is 0 Å². The molecule has 2 aromatic heterocycles. The van der Waals surface area contributed by atoms with Crippen molar-refractivity contribution in [2.75, 3.05) is 24.7 Å². The zero-order valence-electron chi connectivity index (χ0n) is 15.6. The summed E-state index contributed by atoms with van der Waals surface area (Å²) in [4.78, 5) is 19.3. The predicted molar refractivity (Wildman–Crippen MR) is 106 cm³/mol. The molecule has 0 amide bonds. The highest BCUT2D eigenvalue weighted by Gasteiger charge is 2.17. The summed E-state index contributed by atoms with van der Waals surface area (Å²) < 4.78 is 2.07. The van der Waals surface area contributed by atoms with Crippen LogP contribution in [0.5, 0.6) is 0 Å². The molecule has 0 radical (unpaired) electrons. The summed E-state index contributed by atoms with van der Waals surface area (Å²) in [5.41, 5.74) is 9.45. The van der Waals surface area contributed by atoms with Crippen LogP contribution in [0.3, 0.4) is 0 Å². The van der Waals surface area contributed by atoms with Crippen molar-refractivity contribution in [3.05, 3.63) is 47.5 Å². The quantitative estimate of drug-likeness (QED) is 0.691. The lowest BCUT2D eigenvalue weighted by Gasteiger charge is -2.15. The average Bonchev–Trinajstić information content (AvgIpc) is 3.04. The van der Waals surface area contributed by atoms with Crippen molar-refractivity contribution in [3.63, 3.8) is 0 Å². The van der Waals surface area contributed by atoms with E-state index >= 15 is 0 Å². The number of hydrogen-bond acceptors (Lipinski definition) is 7. The molecule has 0 bridgehead atoms. The zero-order valence-corrected chi connectivity index (χ0v) is 16.4. The lowest BCUT2D eigenvalue weighted by atomic mass is 10.1. The molecule has 0 aliphatic rings. The van der Waals surface area contributed by atoms with Crippen LogP contribution in [0.1, 0.15) is 29.1 Å². The smallest absolute Gasteiger partial charge is 0.229 e. The molecule has 0 saturated carbocycles. The van der Waals surface area contributed by atoms with Crippen LogP contribution in [-0.4, -0.2) is 38.6 Å². The van der Waals surface area contributed by atoms with E-state index in [1.54, 1.807) is 18.0 Å². The number of aryl methyl sites for hydroxylation is 2. The number of anilines is 2. The Balaban J connectivity index is 1.88. The molecular formula is C18H23N7S. The standard InChI is InChI=1S/C18H23N7S/c1-11-6-7-14(10-12(11)2)25-9-8-20-18(25)26-13(3)15-21-16(19)23-17(22-15)24(4)5/h6-10,13H,1-5H3,(H2,19,21,22,23). The van der Waals surface area contributed by atoms with Crippen LogP contribution >= 0.6 is 11.8 Å². The largest absolute Gasteiger partial charge is 0.368 e. The van der Waals surface area contributed by atoms with Crippen molar-refractivity contribution >= 4 is 23.7 Å². The summed E-state index contributed by atoms with van der Waals surface area (Å²) in [5.74, 6) is 1.42. The van der Waals surface area contributed by atoms with E-state index in [0.717, 1.165) is 10.8 Å². The van der Waals surface area contributed by atoms with Gasteiger partial charge in [0.05, 0.1) is 5.25 Å². The fraction of sp³-hybridized carbons (Fsp3) is 0.333. The maximum atomic E-state index is 5.84. The van der Waals surface area contributed by atoms with Crippen LogP contribution in [0.4, 0.5) is 11.9 Å². The van der Waals surface area contributed by atoms with Crippen molar-refractivity contribution in [1.29, 1.82) is 0 Å². The third-order valence-corrected chi connectivity index (χ3v) is 5.16. The molecule has 3 rings (SSSR count). The van der Waals surface area contributed by atoms with Gasteiger partial charge in [0, 0.05) is 32.2 Å². The summed E-state index contributed by atoms with van der Waals surface area (Å²) in [6.45, 7) is 6.26. The van der Waals surface area contributed by atoms with Gasteiger partial charge in [-0.25, -0.2) is 4.98 Å². The molecule has 26 heavy (non-hydrogen) atoms. The SMILES string of the molecule is Cc1ccc(-n2ccnc2SC(C)c2nc(N)nc(N(C)C)n2)cc1C. The van der Waals surface area contributed by atoms with Crippen LogP contribution in [-0.2, 0) is 0 Å². The number of hydrogen-bond donors (Lipinski definition) is 1. The van der Waals surface area contributed by atoms with Gasteiger partial charge in [0.25, 0.3) is 0 Å². The minimum Gasteiger partial charge on any atom is -0.368 e. The van der Waals surface area contributed by atoms with E-state index < -0.39 is 0 Å². The van der Waals surface area contributed by atoms with Gasteiger partial charge in [0.2, 0.25) is 11.9 Å². The van der Waals surface area contributed by atoms with E-state index in [1.165, 1.54) is 11.1 Å². The van der Waals surface area contributed by atoms with Crippen molar-refractivity contribution in [2.24, 2.45) is 0 Å². The monoisotopic (exact) mass is 369 g/mol. The van der Waals surface area contributed by atoms with Gasteiger partial charge in [0.15, 0.2) is 5.16 Å². The Hall–Kier alpha value is -2.61. The van der Waals surface area contributed by atoms with Crippen molar-refractivity contribution < 1.29 is 0 Å². The van der Waals surface area contributed by atoms with E-state index in [2.05, 4.69) is 56.5 Å². The van der Waals surface area contributed by atoms with Gasteiger partial charge in [-0.1, -0.05) is 17.8 Å². The number of nitrogen functional groups attached to an aromatic ring is 1. The maximum absolute atomic E-state index is 5.84. The minimum atomic E-state index is -0.0216. The van der Waals surface area contributed by atoms with Gasteiger partial charge in [-0.05, 0) is 44.0 Å². The maximum Gasteiger partial charge on any atom is 0.229 e. The highest BCUT2D eigenvalue weighted by molar-refractivity contribution is 7.99. The first-order valence-electron chi connectivity index (χ1n) is 8.31. The number of nitrogens with zero attached hydrogens (tertiary/aromatic N) is 6. The molecule has 0 aliphatic carbocycles. The third-order valence-electron chi connectivity index (χ3n) is 4.08. The predicted octanol–water partition coefficient (Wildman–Crippen LogP) is 3.18. The first kappa shape index (κ1) is 18.2. The Morgan fingerprint density at radius 3 is 2.58 bits per heavy atom. The Morgan fingerprint density at radius 1 is 1.12 bits per heavy atom. The van der Waals surface area contributed by atoms with Gasteiger partial charge in [-0.2, -0.15) is 15.0 Å². The van der Waals surface area contributed by atoms with E-state index in [9.17, 15) is 0 Å². The fourth-order valence-electron chi connectivity index (χ4n) is 2.44. The van der Waals surface area contributed by atoms with Crippen molar-refractivity contribution in [1.82, 2.24) is 24.5 Å². The molecule has 1 unspecified atom stereocenters. The molecule has 7 nitrogen and oxygen atoms in total. The first-order chi connectivity index (χ1) is 12.3. The molecule has 1 atom stereocenters. The Morgan fingerprint density at radius 2 is 1.88 bits per heavy atom. The third kappa shape index (κ3) is 3.80. The molecule has 2 heterocycles. The summed E-state index contributed by atoms with van der Waals surface area (Å²) in [6.07, 6.45) is 3.77. The fourth-order valence-corrected chi connectivity index (χ4v) is 3.37. The summed E-state index contributed by atoms with van der Waals surface area (Å²) >= 11 is 1.59. The number of nitrogens with two attached hydrogens (primary N) is 1. The lowest BCUT2D eigenvalue weighted by Crippen LogP contribution is -2.16. The minimum absolute atomic E-state index is 0.0216. The summed E-state index contributed by atoms with van der Waals surface area (Å²) in [7, 11) is 3.76. The number of benzene rings is 1.